The second kappa shape index (κ2) is 4.95. The highest BCUT2D eigenvalue weighted by Gasteiger charge is 2.38. The third-order valence-electron chi connectivity index (χ3n) is 5.43. The summed E-state index contributed by atoms with van der Waals surface area (Å²) in [4.78, 5) is 18.7. The maximum atomic E-state index is 11.9. The number of hydrogen-bond donors (Lipinski definition) is 3. The van der Waals surface area contributed by atoms with Gasteiger partial charge in [-0.2, -0.15) is 0 Å². The van der Waals surface area contributed by atoms with Crippen LogP contribution in [0.25, 0.3) is 16.6 Å². The molecule has 0 saturated carbocycles. The zero-order chi connectivity index (χ0) is 18.2. The number of hydrogen-bond acceptors (Lipinski definition) is 6. The van der Waals surface area contributed by atoms with E-state index in [4.69, 9.17) is 10.7 Å². The number of allylic oxidation sites excluding steroid dienone is 1. The van der Waals surface area contributed by atoms with Crippen molar-refractivity contribution in [1.82, 2.24) is 9.88 Å². The van der Waals surface area contributed by atoms with E-state index in [1.165, 1.54) is 6.07 Å². The molecule has 130 valence electrons. The summed E-state index contributed by atoms with van der Waals surface area (Å²) in [5, 5.41) is 20.9. The van der Waals surface area contributed by atoms with Gasteiger partial charge in [0, 0.05) is 40.9 Å². The molecular formula is C20H17N3O3. The number of aromatic nitrogens is 1. The lowest BCUT2D eigenvalue weighted by Gasteiger charge is -2.34. The van der Waals surface area contributed by atoms with Gasteiger partial charge in [0.1, 0.15) is 11.9 Å². The topological polar surface area (TPSA) is 99.7 Å². The van der Waals surface area contributed by atoms with Crippen LogP contribution in [0.15, 0.2) is 47.7 Å². The molecule has 1 aliphatic carbocycles. The van der Waals surface area contributed by atoms with Crippen molar-refractivity contribution in [3.05, 3.63) is 59.0 Å². The first-order valence-corrected chi connectivity index (χ1v) is 8.49. The number of anilines is 1. The summed E-state index contributed by atoms with van der Waals surface area (Å²) in [5.74, 6) is -0.0955. The largest absolute Gasteiger partial charge is 0.508 e. The molecule has 1 aromatic carbocycles. The van der Waals surface area contributed by atoms with Crippen LogP contribution in [0, 0.1) is 0 Å². The van der Waals surface area contributed by atoms with Crippen LogP contribution in [0.2, 0.25) is 0 Å². The number of benzene rings is 1. The predicted octanol–water partition coefficient (Wildman–Crippen LogP) is 2.23. The van der Waals surface area contributed by atoms with E-state index in [-0.39, 0.29) is 11.5 Å². The van der Waals surface area contributed by atoms with Crippen molar-refractivity contribution in [3.8, 4) is 5.75 Å². The number of phenolic OH excluding ortho intramolecular Hbond substituents is 1. The van der Waals surface area contributed by atoms with Gasteiger partial charge in [0.15, 0.2) is 5.78 Å². The summed E-state index contributed by atoms with van der Waals surface area (Å²) in [6.45, 7) is 4.81. The average molecular weight is 347 g/mol. The van der Waals surface area contributed by atoms with Gasteiger partial charge in [0.2, 0.25) is 0 Å². The van der Waals surface area contributed by atoms with Gasteiger partial charge >= 0.3 is 0 Å². The van der Waals surface area contributed by atoms with Gasteiger partial charge in [0.25, 0.3) is 0 Å². The smallest absolute Gasteiger partial charge is 0.166 e. The third-order valence-corrected chi connectivity index (χ3v) is 5.43. The van der Waals surface area contributed by atoms with E-state index in [1.54, 1.807) is 6.07 Å². The first-order valence-electron chi connectivity index (χ1n) is 8.49. The van der Waals surface area contributed by atoms with E-state index >= 15 is 0 Å². The van der Waals surface area contributed by atoms with Gasteiger partial charge in [-0.15, -0.1) is 0 Å². The number of aliphatic hydroxyl groups is 1. The van der Waals surface area contributed by atoms with Gasteiger partial charge in [-0.1, -0.05) is 6.58 Å². The van der Waals surface area contributed by atoms with Crippen molar-refractivity contribution >= 4 is 28.1 Å². The van der Waals surface area contributed by atoms with Gasteiger partial charge in [-0.3, -0.25) is 4.79 Å². The molecule has 26 heavy (non-hydrogen) atoms. The van der Waals surface area contributed by atoms with Crippen molar-refractivity contribution in [2.24, 2.45) is 0 Å². The number of ketones is 1. The fourth-order valence-corrected chi connectivity index (χ4v) is 4.10. The molecule has 4 N–H and O–H groups in total. The Morgan fingerprint density at radius 1 is 1.27 bits per heavy atom. The summed E-state index contributed by atoms with van der Waals surface area (Å²) < 4.78 is 0. The summed E-state index contributed by atoms with van der Waals surface area (Å²) in [5.41, 5.74) is 12.1. The molecule has 3 aliphatic rings. The minimum atomic E-state index is -1.10. The number of rotatable bonds is 0. The van der Waals surface area contributed by atoms with Crippen LogP contribution in [-0.4, -0.2) is 32.0 Å². The minimum Gasteiger partial charge on any atom is -0.508 e. The maximum Gasteiger partial charge on any atom is 0.166 e. The Hall–Kier alpha value is -3.12. The van der Waals surface area contributed by atoms with Crippen LogP contribution in [0.1, 0.15) is 24.1 Å². The highest BCUT2D eigenvalue weighted by molar-refractivity contribution is 5.95. The molecule has 5 rings (SSSR count). The van der Waals surface area contributed by atoms with Gasteiger partial charge in [-0.25, -0.2) is 4.98 Å². The van der Waals surface area contributed by atoms with Gasteiger partial charge in [0.05, 0.1) is 23.5 Å². The summed E-state index contributed by atoms with van der Waals surface area (Å²) in [7, 11) is 0. The van der Waals surface area contributed by atoms with Gasteiger partial charge in [-0.05, 0) is 29.7 Å². The van der Waals surface area contributed by atoms with Crippen molar-refractivity contribution in [1.29, 1.82) is 0 Å². The highest BCUT2D eigenvalue weighted by atomic mass is 16.3. The molecule has 0 radical (unpaired) electrons. The maximum absolute atomic E-state index is 11.9. The molecular weight excluding hydrogens is 330 g/mol. The number of aromatic hydroxyl groups is 1. The fraction of sp³-hybridized carbons (Fsp3) is 0.200. The number of aliphatic hydroxyl groups excluding tert-OH is 1. The van der Waals surface area contributed by atoms with E-state index in [9.17, 15) is 15.0 Å². The molecule has 2 aromatic rings. The first-order chi connectivity index (χ1) is 12.4. The minimum absolute atomic E-state index is 0.0673. The van der Waals surface area contributed by atoms with E-state index in [0.29, 0.717) is 36.2 Å². The lowest BCUT2D eigenvalue weighted by molar-refractivity contribution is -0.125. The number of Topliss-reactive ketones (excluding diaryl/α,β-unsaturated/α-hetero) is 1. The number of carbonyl (C=O) groups is 1. The zero-order valence-electron chi connectivity index (χ0n) is 14.0. The first kappa shape index (κ1) is 15.2. The summed E-state index contributed by atoms with van der Waals surface area (Å²) in [6.07, 6.45) is 1.68. The normalized spacial score (nSPS) is 21.7. The Labute approximate surface area is 149 Å². The van der Waals surface area contributed by atoms with Crippen molar-refractivity contribution < 1.29 is 15.0 Å². The third kappa shape index (κ3) is 1.90. The van der Waals surface area contributed by atoms with E-state index in [2.05, 4.69) is 11.5 Å². The number of fused-ring (bicyclic) bond motifs is 4. The molecule has 6 nitrogen and oxygen atoms in total. The van der Waals surface area contributed by atoms with E-state index in [1.807, 2.05) is 12.1 Å². The Morgan fingerprint density at radius 2 is 2.08 bits per heavy atom. The molecule has 0 fully saturated rings. The van der Waals surface area contributed by atoms with Crippen LogP contribution in [0.4, 0.5) is 5.69 Å². The zero-order valence-corrected chi connectivity index (χ0v) is 14.0. The molecule has 0 saturated heterocycles. The number of pyridine rings is 1. The average Bonchev–Trinajstić information content (AvgIpc) is 2.95. The van der Waals surface area contributed by atoms with Gasteiger partial charge < -0.3 is 20.8 Å². The summed E-state index contributed by atoms with van der Waals surface area (Å²) in [6, 6.07) is 5.08. The fourth-order valence-electron chi connectivity index (χ4n) is 4.10. The molecule has 0 bridgehead atoms. The van der Waals surface area contributed by atoms with Crippen LogP contribution >= 0.6 is 0 Å². The van der Waals surface area contributed by atoms with Crippen LogP contribution in [-0.2, 0) is 11.3 Å². The Balaban J connectivity index is 1.72. The van der Waals surface area contributed by atoms with Crippen LogP contribution < -0.4 is 5.73 Å². The number of nitrogen functional groups attached to an aromatic ring is 1. The monoisotopic (exact) mass is 347 g/mol. The summed E-state index contributed by atoms with van der Waals surface area (Å²) >= 11 is 0. The standard InChI is InChI=1S/C20H17N3O3/c1-9-12-2-3-18(25)20(26)13(12)7-17-19-10(8-23(9)17)4-14-15(21)5-11(24)6-16(14)22-19/h4-7,20,24,26H,1-3,8,21H2. The van der Waals surface area contributed by atoms with E-state index < -0.39 is 6.10 Å². The molecule has 1 atom stereocenters. The second-order valence-corrected chi connectivity index (χ2v) is 6.96. The molecule has 2 aliphatic heterocycles. The number of nitrogens with two attached hydrogens (primary N) is 1. The number of phenols is 1. The molecule has 3 heterocycles. The lowest BCUT2D eigenvalue weighted by atomic mass is 9.84. The highest BCUT2D eigenvalue weighted by Crippen LogP contribution is 2.45. The Kier molecular flexibility index (Phi) is 2.89. The van der Waals surface area contributed by atoms with Crippen LogP contribution in [0.3, 0.4) is 0 Å². The second-order valence-electron chi connectivity index (χ2n) is 6.96. The molecule has 0 amide bonds. The Morgan fingerprint density at radius 3 is 2.88 bits per heavy atom. The molecule has 1 unspecified atom stereocenters. The van der Waals surface area contributed by atoms with E-state index in [0.717, 1.165) is 33.6 Å². The molecule has 6 heteroatoms. The predicted molar refractivity (Wildman–Crippen MR) is 97.8 cm³/mol. The quantitative estimate of drug-likeness (QED) is 0.632. The molecule has 0 spiro atoms. The Bertz CT molecular complexity index is 1100. The number of carbonyl (C=O) groups excluding carboxylic acids is 1. The van der Waals surface area contributed by atoms with Crippen molar-refractivity contribution in [2.45, 2.75) is 25.5 Å². The van der Waals surface area contributed by atoms with Crippen molar-refractivity contribution in [3.63, 3.8) is 0 Å². The lowest BCUT2D eigenvalue weighted by Crippen LogP contribution is -2.32. The van der Waals surface area contributed by atoms with Crippen molar-refractivity contribution in [2.75, 3.05) is 5.73 Å². The van der Waals surface area contributed by atoms with Crippen LogP contribution in [0.5, 0.6) is 5.75 Å². The SMILES string of the molecule is C=C1C2=C(C=C3c4nc5cc(O)cc(N)c5cc4CN13)C(O)C(=O)CC2. The number of nitrogens with zero attached hydrogens (tertiary/aromatic N) is 2. The molecule has 1 aromatic heterocycles.